The van der Waals surface area contributed by atoms with E-state index < -0.39 is 5.97 Å². The minimum Gasteiger partial charge on any atom is -0.478 e. The lowest BCUT2D eigenvalue weighted by atomic mass is 10.1. The highest BCUT2D eigenvalue weighted by Gasteiger charge is 2.11. The van der Waals surface area contributed by atoms with Gasteiger partial charge in [-0.15, -0.1) is 0 Å². The van der Waals surface area contributed by atoms with Crippen LogP contribution in [0.15, 0.2) is 108 Å². The highest BCUT2D eigenvalue weighted by molar-refractivity contribution is 5.92. The molecule has 0 atom stereocenters. The van der Waals surface area contributed by atoms with Gasteiger partial charge in [0.2, 0.25) is 5.89 Å². The second-order valence-corrected chi connectivity index (χ2v) is 7.47. The fraction of sp³-hybridized carbons (Fsp3) is 0. The number of anilines is 3. The highest BCUT2D eigenvalue weighted by atomic mass is 16.4. The summed E-state index contributed by atoms with van der Waals surface area (Å²) in [6.45, 7) is 0. The Labute approximate surface area is 190 Å². The van der Waals surface area contributed by atoms with Crippen molar-refractivity contribution < 1.29 is 14.3 Å². The van der Waals surface area contributed by atoms with Crippen LogP contribution in [0.25, 0.3) is 23.3 Å². The predicted octanol–water partition coefficient (Wildman–Crippen LogP) is 7.17. The van der Waals surface area contributed by atoms with Gasteiger partial charge in [-0.2, -0.15) is 0 Å². The average molecular weight is 432 g/mol. The summed E-state index contributed by atoms with van der Waals surface area (Å²) >= 11 is 0. The van der Waals surface area contributed by atoms with Crippen LogP contribution >= 0.6 is 0 Å². The quantitative estimate of drug-likeness (QED) is 0.308. The molecule has 0 saturated heterocycles. The molecular weight excluding hydrogens is 412 g/mol. The van der Waals surface area contributed by atoms with Crippen molar-refractivity contribution in [3.63, 3.8) is 0 Å². The number of fused-ring (bicyclic) bond motifs is 1. The van der Waals surface area contributed by atoms with E-state index in [4.69, 9.17) is 9.52 Å². The molecule has 0 radical (unpaired) electrons. The minimum absolute atomic E-state index is 0.172. The summed E-state index contributed by atoms with van der Waals surface area (Å²) in [5.41, 5.74) is 5.45. The number of oxazole rings is 1. The molecule has 0 bridgehead atoms. The van der Waals surface area contributed by atoms with Gasteiger partial charge in [-0.05, 0) is 66.2 Å². The largest absolute Gasteiger partial charge is 0.478 e. The normalized spacial score (nSPS) is 11.2. The van der Waals surface area contributed by atoms with Crippen LogP contribution in [-0.2, 0) is 0 Å². The molecule has 33 heavy (non-hydrogen) atoms. The van der Waals surface area contributed by atoms with Gasteiger partial charge >= 0.3 is 5.97 Å². The Morgan fingerprint density at radius 2 is 1.36 bits per heavy atom. The zero-order valence-electron chi connectivity index (χ0n) is 17.6. The third kappa shape index (κ3) is 4.38. The monoisotopic (exact) mass is 432 g/mol. The number of para-hydroxylation sites is 2. The van der Waals surface area contributed by atoms with Gasteiger partial charge in [0.05, 0.1) is 5.56 Å². The third-order valence-electron chi connectivity index (χ3n) is 5.25. The van der Waals surface area contributed by atoms with Gasteiger partial charge in [0, 0.05) is 23.1 Å². The number of aromatic nitrogens is 1. The fourth-order valence-corrected chi connectivity index (χ4v) is 3.65. The van der Waals surface area contributed by atoms with E-state index in [1.807, 2.05) is 54.6 Å². The zero-order chi connectivity index (χ0) is 22.6. The molecule has 0 amide bonds. The lowest BCUT2D eigenvalue weighted by Gasteiger charge is -2.25. The van der Waals surface area contributed by atoms with E-state index in [0.29, 0.717) is 17.0 Å². The van der Waals surface area contributed by atoms with Crippen LogP contribution in [-0.4, -0.2) is 16.1 Å². The lowest BCUT2D eigenvalue weighted by Crippen LogP contribution is -2.09. The smallest absolute Gasteiger partial charge is 0.335 e. The number of hydrogen-bond acceptors (Lipinski definition) is 4. The Morgan fingerprint density at radius 1 is 0.758 bits per heavy atom. The van der Waals surface area contributed by atoms with Gasteiger partial charge in [0.1, 0.15) is 5.52 Å². The molecule has 0 fully saturated rings. The highest BCUT2D eigenvalue weighted by Crippen LogP contribution is 2.34. The van der Waals surface area contributed by atoms with Gasteiger partial charge in [0.25, 0.3) is 0 Å². The van der Waals surface area contributed by atoms with Crippen molar-refractivity contribution in [1.29, 1.82) is 0 Å². The standard InChI is InChI=1S/C28H20N2O3/c31-28(32)21-14-17-25-26(19-21)33-27(29-25)18-13-20-11-15-24(16-12-20)30(22-7-3-1-4-8-22)23-9-5-2-6-10-23/h1-19H,(H,31,32)/b18-13+. The number of carbonyl (C=O) groups is 1. The maximum absolute atomic E-state index is 11.1. The van der Waals surface area contributed by atoms with E-state index in [-0.39, 0.29) is 5.56 Å². The van der Waals surface area contributed by atoms with Crippen LogP contribution in [0.5, 0.6) is 0 Å². The second kappa shape index (κ2) is 8.85. The molecule has 0 aliphatic heterocycles. The number of benzene rings is 4. The molecule has 0 unspecified atom stereocenters. The summed E-state index contributed by atoms with van der Waals surface area (Å²) in [6, 6.07) is 33.4. The van der Waals surface area contributed by atoms with Gasteiger partial charge in [0.15, 0.2) is 5.58 Å². The Hall–Kier alpha value is -4.64. The number of aromatic carboxylic acids is 1. The molecule has 0 saturated carbocycles. The first kappa shape index (κ1) is 20.3. The zero-order valence-corrected chi connectivity index (χ0v) is 17.6. The first-order valence-corrected chi connectivity index (χ1v) is 10.5. The van der Waals surface area contributed by atoms with Crippen LogP contribution < -0.4 is 4.90 Å². The van der Waals surface area contributed by atoms with Crippen molar-refractivity contribution in [1.82, 2.24) is 4.98 Å². The van der Waals surface area contributed by atoms with Crippen molar-refractivity contribution >= 4 is 46.3 Å². The number of rotatable bonds is 6. The van der Waals surface area contributed by atoms with Crippen molar-refractivity contribution in [2.75, 3.05) is 4.90 Å². The maximum Gasteiger partial charge on any atom is 0.335 e. The number of hydrogen-bond donors (Lipinski definition) is 1. The molecular formula is C28H20N2O3. The molecule has 1 heterocycles. The number of carboxylic acid groups (broad SMARTS) is 1. The molecule has 0 spiro atoms. The summed E-state index contributed by atoms with van der Waals surface area (Å²) in [7, 11) is 0. The topological polar surface area (TPSA) is 66.6 Å². The second-order valence-electron chi connectivity index (χ2n) is 7.47. The molecule has 1 aromatic heterocycles. The van der Waals surface area contributed by atoms with Crippen LogP contribution in [0, 0.1) is 0 Å². The molecule has 5 aromatic rings. The minimum atomic E-state index is -0.995. The first-order chi connectivity index (χ1) is 16.2. The number of nitrogens with zero attached hydrogens (tertiary/aromatic N) is 2. The van der Waals surface area contributed by atoms with Gasteiger partial charge < -0.3 is 14.4 Å². The Morgan fingerprint density at radius 3 is 1.97 bits per heavy atom. The maximum atomic E-state index is 11.1. The van der Waals surface area contributed by atoms with E-state index >= 15 is 0 Å². The van der Waals surface area contributed by atoms with Crippen LogP contribution in [0.4, 0.5) is 17.1 Å². The van der Waals surface area contributed by atoms with Crippen molar-refractivity contribution in [2.45, 2.75) is 0 Å². The van der Waals surface area contributed by atoms with E-state index in [2.05, 4.69) is 46.3 Å². The SMILES string of the molecule is O=C(O)c1ccc2nc(/C=C/c3ccc(N(c4ccccc4)c4ccccc4)cc3)oc2c1. The molecule has 0 aliphatic carbocycles. The molecule has 5 nitrogen and oxygen atoms in total. The molecule has 4 aromatic carbocycles. The summed E-state index contributed by atoms with van der Waals surface area (Å²) in [4.78, 5) is 17.7. The fourth-order valence-electron chi connectivity index (χ4n) is 3.65. The molecule has 160 valence electrons. The van der Waals surface area contributed by atoms with E-state index in [1.54, 1.807) is 12.1 Å². The molecule has 5 heteroatoms. The summed E-state index contributed by atoms with van der Waals surface area (Å²) in [5.74, 6) is -0.572. The van der Waals surface area contributed by atoms with E-state index in [1.165, 1.54) is 12.1 Å². The van der Waals surface area contributed by atoms with E-state index in [9.17, 15) is 4.79 Å². The molecule has 5 rings (SSSR count). The van der Waals surface area contributed by atoms with Crippen LogP contribution in [0.2, 0.25) is 0 Å². The predicted molar refractivity (Wildman–Crippen MR) is 131 cm³/mol. The Bertz CT molecular complexity index is 1380. The Balaban J connectivity index is 1.41. The van der Waals surface area contributed by atoms with Crippen molar-refractivity contribution in [3.8, 4) is 0 Å². The van der Waals surface area contributed by atoms with Crippen LogP contribution in [0.3, 0.4) is 0 Å². The lowest BCUT2D eigenvalue weighted by molar-refractivity contribution is 0.0697. The van der Waals surface area contributed by atoms with Gasteiger partial charge in [-0.1, -0.05) is 48.5 Å². The molecule has 0 aliphatic rings. The summed E-state index contributed by atoms with van der Waals surface area (Å²) in [5, 5.41) is 9.13. The average Bonchev–Trinajstić information content (AvgIpc) is 3.27. The summed E-state index contributed by atoms with van der Waals surface area (Å²) in [6.07, 6.45) is 3.70. The number of carboxylic acids is 1. The van der Waals surface area contributed by atoms with Crippen molar-refractivity contribution in [3.05, 3.63) is 120 Å². The van der Waals surface area contributed by atoms with E-state index in [0.717, 1.165) is 22.6 Å². The Kier molecular flexibility index (Phi) is 5.43. The molecule has 1 N–H and O–H groups in total. The first-order valence-electron chi connectivity index (χ1n) is 10.5. The van der Waals surface area contributed by atoms with Crippen LogP contribution in [0.1, 0.15) is 21.8 Å². The van der Waals surface area contributed by atoms with Gasteiger partial charge in [-0.3, -0.25) is 0 Å². The van der Waals surface area contributed by atoms with Gasteiger partial charge in [-0.25, -0.2) is 9.78 Å². The third-order valence-corrected chi connectivity index (χ3v) is 5.25. The van der Waals surface area contributed by atoms with Crippen molar-refractivity contribution in [2.24, 2.45) is 0 Å². The summed E-state index contributed by atoms with van der Waals surface area (Å²) < 4.78 is 5.69.